The predicted octanol–water partition coefficient (Wildman–Crippen LogP) is 0.842. The van der Waals surface area contributed by atoms with Crippen molar-refractivity contribution in [3.05, 3.63) is 0 Å². The molecule has 0 N–H and O–H groups in total. The molecule has 2 heterocycles. The third kappa shape index (κ3) is 1.34. The van der Waals surface area contributed by atoms with Crippen molar-refractivity contribution in [3.63, 3.8) is 0 Å². The Bertz CT molecular complexity index is 236. The lowest BCUT2D eigenvalue weighted by Gasteiger charge is -2.20. The highest BCUT2D eigenvalue weighted by molar-refractivity contribution is 5.78. The minimum absolute atomic E-state index is 0.140. The molecule has 0 aromatic rings. The van der Waals surface area contributed by atoms with Crippen molar-refractivity contribution >= 4 is 5.97 Å². The second kappa shape index (κ2) is 2.69. The Labute approximate surface area is 77.1 Å². The second-order valence-corrected chi connectivity index (χ2v) is 3.90. The van der Waals surface area contributed by atoms with E-state index >= 15 is 0 Å². The van der Waals surface area contributed by atoms with Crippen LogP contribution < -0.4 is 0 Å². The van der Waals surface area contributed by atoms with Crippen molar-refractivity contribution in [2.75, 3.05) is 0 Å². The highest BCUT2D eigenvalue weighted by Gasteiger charge is 2.55. The smallest absolute Gasteiger partial charge is 0.338 e. The SMILES string of the molecule is CC[C@H]1OC(=O)[C@@H]2OC(C)(C)O[C@H]12. The van der Waals surface area contributed by atoms with Crippen LogP contribution in [0.25, 0.3) is 0 Å². The molecule has 13 heavy (non-hydrogen) atoms. The average Bonchev–Trinajstić information content (AvgIpc) is 2.47. The zero-order valence-electron chi connectivity index (χ0n) is 8.07. The maximum atomic E-state index is 11.3. The number of carbonyl (C=O) groups is 1. The van der Waals surface area contributed by atoms with Gasteiger partial charge in [0.05, 0.1) is 0 Å². The Balaban J connectivity index is 2.17. The molecule has 3 atom stereocenters. The first-order valence-electron chi connectivity index (χ1n) is 4.59. The summed E-state index contributed by atoms with van der Waals surface area (Å²) in [6.07, 6.45) is -0.0986. The summed E-state index contributed by atoms with van der Waals surface area (Å²) in [4.78, 5) is 11.3. The maximum Gasteiger partial charge on any atom is 0.338 e. The third-order valence-electron chi connectivity index (χ3n) is 2.40. The van der Waals surface area contributed by atoms with Gasteiger partial charge in [-0.25, -0.2) is 4.79 Å². The van der Waals surface area contributed by atoms with Gasteiger partial charge in [-0.05, 0) is 20.3 Å². The van der Waals surface area contributed by atoms with Crippen LogP contribution in [0.3, 0.4) is 0 Å². The van der Waals surface area contributed by atoms with Gasteiger partial charge >= 0.3 is 5.97 Å². The highest BCUT2D eigenvalue weighted by Crippen LogP contribution is 2.36. The molecule has 0 aromatic heterocycles. The molecule has 0 aromatic carbocycles. The predicted molar refractivity (Wildman–Crippen MR) is 44.0 cm³/mol. The van der Waals surface area contributed by atoms with E-state index < -0.39 is 11.9 Å². The number of esters is 1. The number of carbonyl (C=O) groups excluding carboxylic acids is 1. The molecule has 2 saturated heterocycles. The van der Waals surface area contributed by atoms with Crippen LogP contribution in [0.15, 0.2) is 0 Å². The van der Waals surface area contributed by atoms with E-state index in [0.717, 1.165) is 6.42 Å². The number of hydrogen-bond acceptors (Lipinski definition) is 4. The lowest BCUT2D eigenvalue weighted by Crippen LogP contribution is -2.28. The molecule has 0 unspecified atom stereocenters. The molecule has 0 aliphatic carbocycles. The van der Waals surface area contributed by atoms with E-state index in [1.54, 1.807) is 0 Å². The Kier molecular flexibility index (Phi) is 1.85. The Morgan fingerprint density at radius 2 is 2.08 bits per heavy atom. The van der Waals surface area contributed by atoms with Crippen molar-refractivity contribution in [2.45, 2.75) is 51.3 Å². The standard InChI is InChI=1S/C9H14O4/c1-4-5-6-7(8(10)11-5)13-9(2,3)12-6/h5-7H,4H2,1-3H3/t5-,6-,7-/m1/s1. The van der Waals surface area contributed by atoms with E-state index in [4.69, 9.17) is 14.2 Å². The van der Waals surface area contributed by atoms with Gasteiger partial charge in [0, 0.05) is 0 Å². The lowest BCUT2D eigenvalue weighted by molar-refractivity contribution is -0.186. The fourth-order valence-electron chi connectivity index (χ4n) is 1.84. The molecule has 0 spiro atoms. The summed E-state index contributed by atoms with van der Waals surface area (Å²) in [5.74, 6) is -0.940. The normalized spacial score (nSPS) is 41.8. The summed E-state index contributed by atoms with van der Waals surface area (Å²) in [5.41, 5.74) is 0. The molecule has 0 amide bonds. The van der Waals surface area contributed by atoms with Gasteiger partial charge in [0.2, 0.25) is 0 Å². The van der Waals surface area contributed by atoms with E-state index in [1.807, 2.05) is 20.8 Å². The van der Waals surface area contributed by atoms with Gasteiger partial charge in [0.1, 0.15) is 12.2 Å². The third-order valence-corrected chi connectivity index (χ3v) is 2.40. The molecule has 0 bridgehead atoms. The van der Waals surface area contributed by atoms with Crippen LogP contribution in [-0.4, -0.2) is 30.1 Å². The second-order valence-electron chi connectivity index (χ2n) is 3.90. The van der Waals surface area contributed by atoms with Gasteiger partial charge in [-0.3, -0.25) is 0 Å². The molecular weight excluding hydrogens is 172 g/mol. The van der Waals surface area contributed by atoms with Gasteiger partial charge in [0.15, 0.2) is 11.9 Å². The van der Waals surface area contributed by atoms with Gasteiger partial charge in [0.25, 0.3) is 0 Å². The van der Waals surface area contributed by atoms with Crippen LogP contribution in [0.1, 0.15) is 27.2 Å². The van der Waals surface area contributed by atoms with Crippen LogP contribution in [0.2, 0.25) is 0 Å². The topological polar surface area (TPSA) is 44.8 Å². The van der Waals surface area contributed by atoms with E-state index in [0.29, 0.717) is 0 Å². The van der Waals surface area contributed by atoms with Crippen LogP contribution in [0.4, 0.5) is 0 Å². The molecule has 2 rings (SSSR count). The minimum Gasteiger partial charge on any atom is -0.457 e. The van der Waals surface area contributed by atoms with Crippen molar-refractivity contribution < 1.29 is 19.0 Å². The molecule has 4 nitrogen and oxygen atoms in total. The van der Waals surface area contributed by atoms with Crippen LogP contribution in [0.5, 0.6) is 0 Å². The average molecular weight is 186 g/mol. The monoisotopic (exact) mass is 186 g/mol. The quantitative estimate of drug-likeness (QED) is 0.569. The van der Waals surface area contributed by atoms with Crippen molar-refractivity contribution in [1.29, 1.82) is 0 Å². The van der Waals surface area contributed by atoms with Gasteiger partial charge in [-0.1, -0.05) is 6.92 Å². The largest absolute Gasteiger partial charge is 0.457 e. The molecule has 2 aliphatic rings. The van der Waals surface area contributed by atoms with Crippen molar-refractivity contribution in [2.24, 2.45) is 0 Å². The Hall–Kier alpha value is -0.610. The fraction of sp³-hybridized carbons (Fsp3) is 0.889. The zero-order chi connectivity index (χ0) is 9.64. The number of cyclic esters (lactones) is 1. The first-order chi connectivity index (χ1) is 6.03. The first kappa shape index (κ1) is 8.97. The summed E-state index contributed by atoms with van der Waals surface area (Å²) >= 11 is 0. The number of hydrogen-bond donors (Lipinski definition) is 0. The van der Waals surface area contributed by atoms with Crippen LogP contribution in [0, 0.1) is 0 Å². The molecule has 0 radical (unpaired) electrons. The van der Waals surface area contributed by atoms with Gasteiger partial charge in [-0.2, -0.15) is 0 Å². The maximum absolute atomic E-state index is 11.3. The summed E-state index contributed by atoms with van der Waals surface area (Å²) in [7, 11) is 0. The van der Waals surface area contributed by atoms with Crippen LogP contribution in [-0.2, 0) is 19.0 Å². The molecule has 2 fully saturated rings. The van der Waals surface area contributed by atoms with E-state index in [2.05, 4.69) is 0 Å². The van der Waals surface area contributed by atoms with Gasteiger partial charge in [-0.15, -0.1) is 0 Å². The fourth-order valence-corrected chi connectivity index (χ4v) is 1.84. The molecular formula is C9H14O4. The van der Waals surface area contributed by atoms with Crippen LogP contribution >= 0.6 is 0 Å². The lowest BCUT2D eigenvalue weighted by atomic mass is 10.1. The molecule has 4 heteroatoms. The summed E-state index contributed by atoms with van der Waals surface area (Å²) in [5, 5.41) is 0. The summed E-state index contributed by atoms with van der Waals surface area (Å²) < 4.78 is 16.1. The summed E-state index contributed by atoms with van der Waals surface area (Å²) in [6, 6.07) is 0. The van der Waals surface area contributed by atoms with E-state index in [-0.39, 0.29) is 18.2 Å². The molecule has 0 saturated carbocycles. The molecule has 74 valence electrons. The van der Waals surface area contributed by atoms with Crippen molar-refractivity contribution in [1.82, 2.24) is 0 Å². The van der Waals surface area contributed by atoms with E-state index in [1.165, 1.54) is 0 Å². The molecule has 2 aliphatic heterocycles. The zero-order valence-corrected chi connectivity index (χ0v) is 8.07. The number of fused-ring (bicyclic) bond motifs is 1. The first-order valence-corrected chi connectivity index (χ1v) is 4.59. The minimum atomic E-state index is -0.651. The summed E-state index contributed by atoms with van der Waals surface area (Å²) in [6.45, 7) is 5.59. The van der Waals surface area contributed by atoms with Gasteiger partial charge < -0.3 is 14.2 Å². The number of ether oxygens (including phenoxy) is 3. The van der Waals surface area contributed by atoms with E-state index in [9.17, 15) is 4.79 Å². The highest BCUT2D eigenvalue weighted by atomic mass is 16.8. The number of rotatable bonds is 1. The Morgan fingerprint density at radius 3 is 2.69 bits per heavy atom. The Morgan fingerprint density at radius 1 is 1.38 bits per heavy atom. The van der Waals surface area contributed by atoms with Crippen molar-refractivity contribution in [3.8, 4) is 0 Å².